The zero-order valence-electron chi connectivity index (χ0n) is 53.3. The zero-order chi connectivity index (χ0) is 57.8. The van der Waals surface area contributed by atoms with E-state index < -0.39 is 6.10 Å². The summed E-state index contributed by atoms with van der Waals surface area (Å²) in [6.45, 7) is 6.57. The number of hydrogen-bond acceptors (Lipinski definition) is 6. The van der Waals surface area contributed by atoms with Crippen molar-refractivity contribution in [1.29, 1.82) is 0 Å². The van der Waals surface area contributed by atoms with Gasteiger partial charge in [0.2, 0.25) is 0 Å². The highest BCUT2D eigenvalue weighted by molar-refractivity contribution is 5.71. The van der Waals surface area contributed by atoms with Gasteiger partial charge in [0.25, 0.3) is 0 Å². The average Bonchev–Trinajstić information content (AvgIpc) is 3.46. The first-order valence-corrected chi connectivity index (χ1v) is 34.9. The van der Waals surface area contributed by atoms with Crippen LogP contribution < -0.4 is 0 Å². The molecule has 0 bridgehead atoms. The minimum absolute atomic E-state index is 0.0760. The van der Waals surface area contributed by atoms with E-state index in [2.05, 4.69) is 93.7 Å². The molecule has 0 saturated heterocycles. The fourth-order valence-electron chi connectivity index (χ4n) is 10.2. The third-order valence-electron chi connectivity index (χ3n) is 15.4. The van der Waals surface area contributed by atoms with Gasteiger partial charge in [0.05, 0.1) is 0 Å². The first kappa shape index (κ1) is 76.9. The molecule has 6 heteroatoms. The van der Waals surface area contributed by atoms with Crippen LogP contribution in [0.2, 0.25) is 0 Å². The van der Waals surface area contributed by atoms with Crippen molar-refractivity contribution in [2.24, 2.45) is 0 Å². The molecule has 0 aliphatic rings. The number of rotatable bonds is 64. The number of hydrogen-bond donors (Lipinski definition) is 0. The Balaban J connectivity index is 4.37. The Morgan fingerprint density at radius 1 is 0.263 bits per heavy atom. The van der Waals surface area contributed by atoms with E-state index in [0.29, 0.717) is 19.3 Å². The van der Waals surface area contributed by atoms with Crippen molar-refractivity contribution in [1.82, 2.24) is 0 Å². The molecule has 0 aliphatic heterocycles. The van der Waals surface area contributed by atoms with Crippen LogP contribution in [0.4, 0.5) is 0 Å². The molecule has 0 aromatic rings. The van der Waals surface area contributed by atoms with Gasteiger partial charge in [-0.05, 0) is 89.9 Å². The lowest BCUT2D eigenvalue weighted by molar-refractivity contribution is -0.167. The van der Waals surface area contributed by atoms with Crippen LogP contribution in [0.3, 0.4) is 0 Å². The molecule has 6 nitrogen and oxygen atoms in total. The van der Waals surface area contributed by atoms with Crippen LogP contribution in [0.1, 0.15) is 361 Å². The Morgan fingerprint density at radius 3 is 0.762 bits per heavy atom. The van der Waals surface area contributed by atoms with E-state index in [1.54, 1.807) is 0 Å². The Labute approximate surface area is 497 Å². The Kier molecular flexibility index (Phi) is 65.7. The summed E-state index contributed by atoms with van der Waals surface area (Å²) in [4.78, 5) is 38.5. The summed E-state index contributed by atoms with van der Waals surface area (Å²) >= 11 is 0. The van der Waals surface area contributed by atoms with E-state index >= 15 is 0 Å². The number of esters is 3. The summed E-state index contributed by atoms with van der Waals surface area (Å²) in [7, 11) is 0. The Morgan fingerprint density at radius 2 is 0.487 bits per heavy atom. The van der Waals surface area contributed by atoms with Gasteiger partial charge >= 0.3 is 17.9 Å². The van der Waals surface area contributed by atoms with E-state index in [9.17, 15) is 14.4 Å². The topological polar surface area (TPSA) is 78.9 Å². The van der Waals surface area contributed by atoms with E-state index in [-0.39, 0.29) is 31.1 Å². The van der Waals surface area contributed by atoms with E-state index in [1.807, 2.05) is 0 Å². The van der Waals surface area contributed by atoms with Crippen LogP contribution in [-0.2, 0) is 28.6 Å². The van der Waals surface area contributed by atoms with Gasteiger partial charge in [-0.2, -0.15) is 0 Å². The molecule has 0 heterocycles. The molecular formula is C74H132O6. The third kappa shape index (κ3) is 65.7. The maximum atomic E-state index is 13.0. The predicted octanol–water partition coefficient (Wildman–Crippen LogP) is 24.1. The second kappa shape index (κ2) is 68.3. The van der Waals surface area contributed by atoms with Crippen molar-refractivity contribution in [3.8, 4) is 0 Å². The molecule has 1 unspecified atom stereocenters. The molecule has 0 spiro atoms. The molecule has 0 rings (SSSR count). The molecule has 1 atom stereocenters. The molecule has 80 heavy (non-hydrogen) atoms. The first-order valence-electron chi connectivity index (χ1n) is 34.9. The van der Waals surface area contributed by atoms with Gasteiger partial charge in [-0.25, -0.2) is 0 Å². The maximum absolute atomic E-state index is 13.0. The van der Waals surface area contributed by atoms with Crippen molar-refractivity contribution in [3.05, 3.63) is 72.9 Å². The summed E-state index contributed by atoms with van der Waals surface area (Å²) < 4.78 is 17.0. The second-order valence-electron chi connectivity index (χ2n) is 23.4. The molecule has 0 aromatic heterocycles. The normalized spacial score (nSPS) is 12.5. The van der Waals surface area contributed by atoms with Gasteiger partial charge in [0.1, 0.15) is 13.2 Å². The maximum Gasteiger partial charge on any atom is 0.306 e. The summed E-state index contributed by atoms with van der Waals surface area (Å²) in [6.07, 6.45) is 89.1. The van der Waals surface area contributed by atoms with Crippen LogP contribution in [0, 0.1) is 0 Å². The van der Waals surface area contributed by atoms with Crippen molar-refractivity contribution >= 4 is 17.9 Å². The van der Waals surface area contributed by atoms with Crippen molar-refractivity contribution in [2.45, 2.75) is 367 Å². The average molecular weight is 1120 g/mol. The molecule has 0 fully saturated rings. The lowest BCUT2D eigenvalue weighted by Crippen LogP contribution is -2.30. The standard InChI is InChI=1S/C74H132O6/c1-4-7-10-13-16-19-22-25-28-31-34-37-40-43-46-49-52-55-58-61-64-67-73(76)79-70-71(69-78-72(75)66-63-60-57-54-51-48-45-42-39-36-33-30-27-24-21-18-15-12-9-6-3)80-74(77)68-65-62-59-56-53-50-47-44-41-38-35-32-29-26-23-20-17-14-11-8-5-2/h7,10,16,19,23,25-26,28,32,34-35,37,71H,4-6,8-9,11-15,17-18,20-22,24,27,29-31,33,36,38-70H2,1-3H3/b10-7-,19-16-,26-23-,28-25-,35-32-,37-34-. The largest absolute Gasteiger partial charge is 0.462 e. The van der Waals surface area contributed by atoms with E-state index in [1.165, 1.54) is 225 Å². The Hall–Kier alpha value is -3.15. The summed E-state index contributed by atoms with van der Waals surface area (Å²) in [5, 5.41) is 0. The van der Waals surface area contributed by atoms with Gasteiger partial charge in [-0.15, -0.1) is 0 Å². The van der Waals surface area contributed by atoms with Gasteiger partial charge in [0.15, 0.2) is 6.10 Å². The molecule has 0 radical (unpaired) electrons. The van der Waals surface area contributed by atoms with Crippen molar-refractivity contribution in [3.63, 3.8) is 0 Å². The molecule has 0 amide bonds. The minimum Gasteiger partial charge on any atom is -0.462 e. The quantitative estimate of drug-likeness (QED) is 0.0261. The number of unbranched alkanes of at least 4 members (excludes halogenated alkanes) is 41. The highest BCUT2D eigenvalue weighted by Crippen LogP contribution is 2.18. The smallest absolute Gasteiger partial charge is 0.306 e. The number of ether oxygens (including phenoxy) is 3. The van der Waals surface area contributed by atoms with Crippen LogP contribution in [0.15, 0.2) is 72.9 Å². The lowest BCUT2D eigenvalue weighted by Gasteiger charge is -2.18. The number of carbonyl (C=O) groups is 3. The van der Waals surface area contributed by atoms with Crippen LogP contribution in [-0.4, -0.2) is 37.2 Å². The summed E-state index contributed by atoms with van der Waals surface area (Å²) in [5.74, 6) is -0.866. The van der Waals surface area contributed by atoms with Gasteiger partial charge in [0, 0.05) is 19.3 Å². The van der Waals surface area contributed by atoms with Gasteiger partial charge in [-0.1, -0.05) is 325 Å². The second-order valence-corrected chi connectivity index (χ2v) is 23.4. The van der Waals surface area contributed by atoms with Crippen LogP contribution in [0.25, 0.3) is 0 Å². The fourth-order valence-corrected chi connectivity index (χ4v) is 10.2. The molecule has 0 aromatic carbocycles. The zero-order valence-corrected chi connectivity index (χ0v) is 53.3. The van der Waals surface area contributed by atoms with E-state index in [0.717, 1.165) is 96.3 Å². The first-order chi connectivity index (χ1) is 39.5. The lowest BCUT2D eigenvalue weighted by atomic mass is 10.0. The van der Waals surface area contributed by atoms with Crippen LogP contribution >= 0.6 is 0 Å². The molecule has 0 saturated carbocycles. The van der Waals surface area contributed by atoms with Gasteiger partial charge in [-0.3, -0.25) is 14.4 Å². The van der Waals surface area contributed by atoms with Crippen molar-refractivity contribution < 1.29 is 28.6 Å². The minimum atomic E-state index is -0.782. The summed E-state index contributed by atoms with van der Waals surface area (Å²) in [6, 6.07) is 0. The predicted molar refractivity (Wildman–Crippen MR) is 348 cm³/mol. The van der Waals surface area contributed by atoms with Crippen molar-refractivity contribution in [2.75, 3.05) is 13.2 Å². The Bertz CT molecular complexity index is 1470. The molecular weight excluding hydrogens is 985 g/mol. The number of carbonyl (C=O) groups excluding carboxylic acids is 3. The number of allylic oxidation sites excluding steroid dienone is 12. The summed E-state index contributed by atoms with van der Waals surface area (Å²) in [5.41, 5.74) is 0. The third-order valence-corrected chi connectivity index (χ3v) is 15.4. The highest BCUT2D eigenvalue weighted by atomic mass is 16.6. The highest BCUT2D eigenvalue weighted by Gasteiger charge is 2.19. The van der Waals surface area contributed by atoms with E-state index in [4.69, 9.17) is 14.2 Å². The SMILES string of the molecule is CC/C=C\C/C=C\C/C=C\C/C=C\CCCCCCCCCCC(=O)OCC(COC(=O)CCCCCCCCCCCCCCCCCCCCCC)OC(=O)CCCCCCCCCCC/C=C\C/C=C\CCCCCCC. The van der Waals surface area contributed by atoms with Gasteiger partial charge < -0.3 is 14.2 Å². The molecule has 0 aliphatic carbocycles. The van der Waals surface area contributed by atoms with Crippen LogP contribution in [0.5, 0.6) is 0 Å². The molecule has 464 valence electrons. The fraction of sp³-hybridized carbons (Fsp3) is 0.797. The molecule has 0 N–H and O–H groups in total. The monoisotopic (exact) mass is 1120 g/mol.